The van der Waals surface area contributed by atoms with Gasteiger partial charge in [-0.2, -0.15) is 15.2 Å². The monoisotopic (exact) mass is 608 g/mol. The number of aromatic nitrogens is 2. The summed E-state index contributed by atoms with van der Waals surface area (Å²) in [6, 6.07) is 19.0. The number of amides is 2. The molecule has 13 nitrogen and oxygen atoms in total. The molecule has 0 bridgehead atoms. The number of fused-ring (bicyclic) bond motifs is 1. The quantitative estimate of drug-likeness (QED) is 0.227. The van der Waals surface area contributed by atoms with Crippen molar-refractivity contribution >= 4 is 29.3 Å². The van der Waals surface area contributed by atoms with E-state index in [4.69, 9.17) is 14.2 Å². The van der Waals surface area contributed by atoms with E-state index in [1.807, 2.05) is 36.4 Å². The van der Waals surface area contributed by atoms with Crippen LogP contribution in [0.15, 0.2) is 66.7 Å². The second-order valence-corrected chi connectivity index (χ2v) is 10.1. The fraction of sp³-hybridized carbons (Fsp3) is 0.188. The molecule has 2 amide bonds. The van der Waals surface area contributed by atoms with Gasteiger partial charge in [-0.15, -0.1) is 0 Å². The normalized spacial score (nSPS) is 13.4. The second kappa shape index (κ2) is 13.0. The zero-order chi connectivity index (χ0) is 32.1. The Morgan fingerprint density at radius 3 is 2.44 bits per heavy atom. The van der Waals surface area contributed by atoms with Crippen LogP contribution in [0.25, 0.3) is 0 Å². The number of nitriles is 1. The Morgan fingerprint density at radius 1 is 1.00 bits per heavy atom. The summed E-state index contributed by atoms with van der Waals surface area (Å²) in [4.78, 5) is 47.9. The molecule has 2 heterocycles. The molecule has 1 unspecified atom stereocenters. The van der Waals surface area contributed by atoms with E-state index in [9.17, 15) is 24.8 Å². The number of carbonyl (C=O) groups is 3. The van der Waals surface area contributed by atoms with Crippen molar-refractivity contribution in [2.45, 2.75) is 19.4 Å². The van der Waals surface area contributed by atoms with Crippen molar-refractivity contribution in [2.75, 3.05) is 31.3 Å². The molecule has 0 saturated carbocycles. The first-order valence-electron chi connectivity index (χ1n) is 13.8. The molecule has 5 rings (SSSR count). The minimum atomic E-state index is -1.28. The van der Waals surface area contributed by atoms with Crippen LogP contribution in [0.4, 0.5) is 11.5 Å². The summed E-state index contributed by atoms with van der Waals surface area (Å²) in [7, 11) is 3.07. The molecule has 0 saturated heterocycles. The Hall–Kier alpha value is -6.16. The Kier molecular flexibility index (Phi) is 8.76. The molecule has 0 aliphatic carbocycles. The summed E-state index contributed by atoms with van der Waals surface area (Å²) in [6.07, 6.45) is 0.345. The SMILES string of the molecule is CCOc1ccc(C#N)cc1Oc1nc2c(c(Oc3cc(C(=O)O)cc(C(=O)N(C)C)c3)n1)NC(=O)C(Cc1ccccc1)N2. The molecule has 3 N–H and O–H groups in total. The van der Waals surface area contributed by atoms with Crippen LogP contribution < -0.4 is 24.8 Å². The number of benzene rings is 3. The first-order valence-corrected chi connectivity index (χ1v) is 13.8. The molecule has 1 aromatic heterocycles. The minimum Gasteiger partial charge on any atom is -0.490 e. The van der Waals surface area contributed by atoms with Crippen molar-refractivity contribution in [3.8, 4) is 35.2 Å². The third kappa shape index (κ3) is 6.91. The number of carbonyl (C=O) groups excluding carboxylic acids is 2. The lowest BCUT2D eigenvalue weighted by atomic mass is 10.0. The molecule has 45 heavy (non-hydrogen) atoms. The van der Waals surface area contributed by atoms with Crippen LogP contribution in [0, 0.1) is 11.3 Å². The average molecular weight is 609 g/mol. The van der Waals surface area contributed by atoms with Crippen molar-refractivity contribution in [2.24, 2.45) is 0 Å². The van der Waals surface area contributed by atoms with Crippen molar-refractivity contribution < 1.29 is 33.7 Å². The summed E-state index contributed by atoms with van der Waals surface area (Å²) in [6.45, 7) is 2.12. The molecule has 0 spiro atoms. The number of ether oxygens (including phenoxy) is 3. The highest BCUT2D eigenvalue weighted by molar-refractivity contribution is 6.04. The van der Waals surface area contributed by atoms with E-state index in [1.54, 1.807) is 19.1 Å². The van der Waals surface area contributed by atoms with E-state index in [2.05, 4.69) is 20.6 Å². The van der Waals surface area contributed by atoms with Gasteiger partial charge in [-0.25, -0.2) is 4.79 Å². The van der Waals surface area contributed by atoms with Gasteiger partial charge in [0.05, 0.1) is 23.8 Å². The van der Waals surface area contributed by atoms with Gasteiger partial charge in [0.25, 0.3) is 11.8 Å². The van der Waals surface area contributed by atoms with Gasteiger partial charge in [0, 0.05) is 32.1 Å². The standard InChI is InChI=1S/C32H28N6O7/c1-4-43-24-11-10-19(17-33)13-25(24)45-32-36-27-26(35-28(39)23(34-27)12-18-8-6-5-7-9-18)29(37-32)44-22-15-20(30(40)38(2)3)14-21(16-22)31(41)42/h5-11,13-16,23H,4,12H2,1-3H3,(H,35,39)(H,41,42)(H,34,36,37). The number of rotatable bonds is 10. The van der Waals surface area contributed by atoms with Gasteiger partial charge in [0.2, 0.25) is 5.91 Å². The number of aromatic carboxylic acids is 1. The summed E-state index contributed by atoms with van der Waals surface area (Å²) < 4.78 is 17.7. The fourth-order valence-corrected chi connectivity index (χ4v) is 4.50. The number of nitrogens with one attached hydrogen (secondary N) is 2. The van der Waals surface area contributed by atoms with Crippen molar-refractivity contribution in [3.63, 3.8) is 0 Å². The largest absolute Gasteiger partial charge is 0.490 e. The van der Waals surface area contributed by atoms with Crippen LogP contribution in [0.1, 0.15) is 38.8 Å². The van der Waals surface area contributed by atoms with Gasteiger partial charge in [-0.05, 0) is 42.8 Å². The maximum absolute atomic E-state index is 13.2. The van der Waals surface area contributed by atoms with Crippen molar-refractivity contribution in [1.82, 2.24) is 14.9 Å². The van der Waals surface area contributed by atoms with Gasteiger partial charge >= 0.3 is 12.0 Å². The Balaban J connectivity index is 1.59. The predicted octanol–water partition coefficient (Wildman–Crippen LogP) is 4.71. The third-order valence-corrected chi connectivity index (χ3v) is 6.61. The van der Waals surface area contributed by atoms with E-state index < -0.39 is 17.9 Å². The molecule has 3 aromatic carbocycles. The average Bonchev–Trinajstić information content (AvgIpc) is 3.02. The van der Waals surface area contributed by atoms with Gasteiger partial charge < -0.3 is 34.9 Å². The third-order valence-electron chi connectivity index (χ3n) is 6.61. The van der Waals surface area contributed by atoms with Crippen LogP contribution in [-0.4, -0.2) is 64.5 Å². The number of nitrogens with zero attached hydrogens (tertiary/aromatic N) is 4. The number of carboxylic acid groups (broad SMARTS) is 1. The molecule has 1 aliphatic heterocycles. The first kappa shape index (κ1) is 30.3. The van der Waals surface area contributed by atoms with E-state index in [-0.39, 0.29) is 51.9 Å². The lowest BCUT2D eigenvalue weighted by molar-refractivity contribution is -0.117. The highest BCUT2D eigenvalue weighted by atomic mass is 16.5. The number of hydrogen-bond donors (Lipinski definition) is 3. The minimum absolute atomic E-state index is 0.0332. The smallest absolute Gasteiger partial charge is 0.335 e. The van der Waals surface area contributed by atoms with E-state index in [0.29, 0.717) is 24.3 Å². The van der Waals surface area contributed by atoms with Gasteiger partial charge in [-0.3, -0.25) is 9.59 Å². The van der Waals surface area contributed by atoms with E-state index in [1.165, 1.54) is 43.3 Å². The molecule has 0 fully saturated rings. The van der Waals surface area contributed by atoms with Gasteiger partial charge in [0.1, 0.15) is 17.5 Å². The van der Waals surface area contributed by atoms with Gasteiger partial charge in [-0.1, -0.05) is 30.3 Å². The lowest BCUT2D eigenvalue weighted by Gasteiger charge is -2.27. The zero-order valence-electron chi connectivity index (χ0n) is 24.5. The summed E-state index contributed by atoms with van der Waals surface area (Å²) in [5, 5.41) is 25.0. The van der Waals surface area contributed by atoms with Crippen LogP contribution in [0.3, 0.4) is 0 Å². The van der Waals surface area contributed by atoms with Crippen molar-refractivity contribution in [3.05, 3.63) is 89.0 Å². The van der Waals surface area contributed by atoms with E-state index in [0.717, 1.165) is 5.56 Å². The number of hydrogen-bond acceptors (Lipinski definition) is 10. The number of anilines is 2. The Morgan fingerprint density at radius 2 is 1.76 bits per heavy atom. The molecule has 0 radical (unpaired) electrons. The molecular weight excluding hydrogens is 580 g/mol. The fourth-order valence-electron chi connectivity index (χ4n) is 4.50. The molecule has 13 heteroatoms. The maximum Gasteiger partial charge on any atom is 0.335 e. The van der Waals surface area contributed by atoms with Gasteiger partial charge in [0.15, 0.2) is 17.3 Å². The predicted molar refractivity (Wildman–Crippen MR) is 162 cm³/mol. The Labute approximate surface area is 258 Å². The van der Waals surface area contributed by atoms with Crippen LogP contribution in [0.5, 0.6) is 29.1 Å². The number of carboxylic acids is 1. The zero-order valence-corrected chi connectivity index (χ0v) is 24.5. The lowest BCUT2D eigenvalue weighted by Crippen LogP contribution is -2.41. The van der Waals surface area contributed by atoms with Crippen LogP contribution >= 0.6 is 0 Å². The molecule has 1 aliphatic rings. The second-order valence-electron chi connectivity index (χ2n) is 10.1. The molecule has 228 valence electrons. The maximum atomic E-state index is 13.2. The van der Waals surface area contributed by atoms with Crippen LogP contribution in [-0.2, 0) is 11.2 Å². The summed E-state index contributed by atoms with van der Waals surface area (Å²) in [5.41, 5.74) is 1.16. The topological polar surface area (TPSA) is 176 Å². The first-order chi connectivity index (χ1) is 21.6. The molecular formula is C32H28N6O7. The highest BCUT2D eigenvalue weighted by Gasteiger charge is 2.31. The Bertz CT molecular complexity index is 1820. The molecule has 1 atom stereocenters. The van der Waals surface area contributed by atoms with E-state index >= 15 is 0 Å². The molecule has 4 aromatic rings. The van der Waals surface area contributed by atoms with Crippen LogP contribution in [0.2, 0.25) is 0 Å². The summed E-state index contributed by atoms with van der Waals surface area (Å²) in [5.74, 6) is -1.65. The highest BCUT2D eigenvalue weighted by Crippen LogP contribution is 2.40. The van der Waals surface area contributed by atoms with Crippen molar-refractivity contribution in [1.29, 1.82) is 5.26 Å². The summed E-state index contributed by atoms with van der Waals surface area (Å²) >= 11 is 0.